The number of aromatic nitrogens is 3. The van der Waals surface area contributed by atoms with E-state index >= 15 is 0 Å². The fourth-order valence-electron chi connectivity index (χ4n) is 2.00. The highest BCUT2D eigenvalue weighted by molar-refractivity contribution is 9.11. The number of hydrogen-bond donors (Lipinski definition) is 1. The van der Waals surface area contributed by atoms with E-state index in [1.165, 1.54) is 4.88 Å². The van der Waals surface area contributed by atoms with E-state index in [1.807, 2.05) is 24.4 Å². The molecule has 20 heavy (non-hydrogen) atoms. The van der Waals surface area contributed by atoms with Gasteiger partial charge in [-0.15, -0.1) is 16.4 Å². The maximum Gasteiger partial charge on any atom is 0.0894 e. The second kappa shape index (κ2) is 5.76. The maximum absolute atomic E-state index is 4.05. The van der Waals surface area contributed by atoms with Crippen LogP contribution in [0.15, 0.2) is 52.6 Å². The second-order valence-electron chi connectivity index (χ2n) is 4.37. The molecule has 1 N–H and O–H groups in total. The van der Waals surface area contributed by atoms with Crippen molar-refractivity contribution in [2.45, 2.75) is 13.0 Å². The van der Waals surface area contributed by atoms with Crippen LogP contribution in [0, 0.1) is 0 Å². The molecule has 1 atom stereocenters. The van der Waals surface area contributed by atoms with Gasteiger partial charge in [0.25, 0.3) is 0 Å². The Balaban J connectivity index is 1.88. The molecule has 3 rings (SSSR count). The van der Waals surface area contributed by atoms with Crippen LogP contribution in [-0.2, 0) is 0 Å². The van der Waals surface area contributed by atoms with Crippen LogP contribution in [0.5, 0.6) is 0 Å². The van der Waals surface area contributed by atoms with Crippen LogP contribution in [0.3, 0.4) is 0 Å². The molecular weight excluding hydrogens is 336 g/mol. The summed E-state index contributed by atoms with van der Waals surface area (Å²) in [4.78, 5) is 1.28. The Bertz CT molecular complexity index is 693. The van der Waals surface area contributed by atoms with Crippen molar-refractivity contribution in [2.75, 3.05) is 5.32 Å². The third kappa shape index (κ3) is 2.76. The van der Waals surface area contributed by atoms with Crippen molar-refractivity contribution in [3.05, 3.63) is 57.5 Å². The number of halogens is 1. The van der Waals surface area contributed by atoms with Gasteiger partial charge in [0.05, 0.1) is 33.6 Å². The lowest BCUT2D eigenvalue weighted by Crippen LogP contribution is -2.08. The molecule has 1 unspecified atom stereocenters. The number of hydrogen-bond acceptors (Lipinski definition) is 4. The van der Waals surface area contributed by atoms with Crippen LogP contribution in [0.25, 0.3) is 5.69 Å². The van der Waals surface area contributed by atoms with Gasteiger partial charge in [-0.2, -0.15) is 0 Å². The quantitative estimate of drug-likeness (QED) is 0.765. The van der Waals surface area contributed by atoms with Gasteiger partial charge in [-0.1, -0.05) is 17.3 Å². The predicted octanol–water partition coefficient (Wildman–Crippen LogP) is 4.26. The van der Waals surface area contributed by atoms with E-state index in [-0.39, 0.29) is 6.04 Å². The minimum Gasteiger partial charge on any atom is -0.376 e. The van der Waals surface area contributed by atoms with Crippen LogP contribution in [0.1, 0.15) is 17.8 Å². The molecule has 0 bridgehead atoms. The number of nitrogens with zero attached hydrogens (tertiary/aromatic N) is 3. The van der Waals surface area contributed by atoms with Crippen molar-refractivity contribution in [2.24, 2.45) is 0 Å². The van der Waals surface area contributed by atoms with Crippen LogP contribution in [0.2, 0.25) is 0 Å². The van der Waals surface area contributed by atoms with Crippen LogP contribution in [-0.4, -0.2) is 15.0 Å². The zero-order valence-corrected chi connectivity index (χ0v) is 13.2. The molecule has 0 aliphatic carbocycles. The summed E-state index contributed by atoms with van der Waals surface area (Å²) in [5, 5.41) is 11.4. The molecule has 102 valence electrons. The lowest BCUT2D eigenvalue weighted by Gasteiger charge is -2.16. The Hall–Kier alpha value is -1.66. The van der Waals surface area contributed by atoms with Crippen molar-refractivity contribution in [3.8, 4) is 5.69 Å². The second-order valence-corrected chi connectivity index (χ2v) is 6.87. The van der Waals surface area contributed by atoms with Gasteiger partial charge in [0.15, 0.2) is 0 Å². The smallest absolute Gasteiger partial charge is 0.0894 e. The van der Waals surface area contributed by atoms with Gasteiger partial charge >= 0.3 is 0 Å². The van der Waals surface area contributed by atoms with E-state index in [2.05, 4.69) is 56.7 Å². The first-order chi connectivity index (χ1) is 9.74. The first-order valence-electron chi connectivity index (χ1n) is 6.21. The number of anilines is 1. The van der Waals surface area contributed by atoms with Crippen LogP contribution < -0.4 is 5.32 Å². The van der Waals surface area contributed by atoms with Crippen LogP contribution in [0.4, 0.5) is 5.69 Å². The number of nitrogens with one attached hydrogen (secondary N) is 1. The Morgan fingerprint density at radius 2 is 2.10 bits per heavy atom. The van der Waals surface area contributed by atoms with Crippen molar-refractivity contribution < 1.29 is 0 Å². The summed E-state index contributed by atoms with van der Waals surface area (Å²) >= 11 is 5.24. The summed E-state index contributed by atoms with van der Waals surface area (Å²) in [5.74, 6) is 0. The molecular formula is C14H13BrN4S. The van der Waals surface area contributed by atoms with Gasteiger partial charge in [0.2, 0.25) is 0 Å². The minimum atomic E-state index is 0.232. The molecule has 0 spiro atoms. The third-order valence-electron chi connectivity index (χ3n) is 2.97. The first kappa shape index (κ1) is 13.3. The highest BCUT2D eigenvalue weighted by Crippen LogP contribution is 2.30. The summed E-state index contributed by atoms with van der Waals surface area (Å²) in [6, 6.07) is 12.5. The van der Waals surface area contributed by atoms with Gasteiger partial charge in [-0.3, -0.25) is 0 Å². The lowest BCUT2D eigenvalue weighted by atomic mass is 10.2. The molecule has 0 saturated heterocycles. The van der Waals surface area contributed by atoms with E-state index in [4.69, 9.17) is 0 Å². The third-order valence-corrected chi connectivity index (χ3v) is 4.77. The molecule has 2 heterocycles. The summed E-state index contributed by atoms with van der Waals surface area (Å²) in [6.45, 7) is 2.15. The summed E-state index contributed by atoms with van der Waals surface area (Å²) < 4.78 is 2.91. The molecule has 0 fully saturated rings. The van der Waals surface area contributed by atoms with Gasteiger partial charge in [0, 0.05) is 4.88 Å². The fraction of sp³-hybridized carbons (Fsp3) is 0.143. The summed E-state index contributed by atoms with van der Waals surface area (Å²) in [6.07, 6.45) is 3.52. The predicted molar refractivity (Wildman–Crippen MR) is 85.4 cm³/mol. The van der Waals surface area contributed by atoms with Crippen molar-refractivity contribution in [1.29, 1.82) is 0 Å². The van der Waals surface area contributed by atoms with E-state index in [0.717, 1.165) is 15.2 Å². The van der Waals surface area contributed by atoms with Gasteiger partial charge in [-0.05, 0) is 47.1 Å². The minimum absolute atomic E-state index is 0.232. The molecule has 1 aromatic carbocycles. The summed E-state index contributed by atoms with van der Waals surface area (Å²) in [7, 11) is 0. The van der Waals surface area contributed by atoms with Gasteiger partial charge < -0.3 is 5.32 Å². The number of rotatable bonds is 4. The molecule has 0 saturated carbocycles. The molecule has 0 aliphatic rings. The zero-order valence-electron chi connectivity index (χ0n) is 10.8. The largest absolute Gasteiger partial charge is 0.376 e. The van der Waals surface area contributed by atoms with Crippen molar-refractivity contribution in [3.63, 3.8) is 0 Å². The molecule has 6 heteroatoms. The molecule has 0 radical (unpaired) electrons. The Morgan fingerprint density at radius 3 is 2.80 bits per heavy atom. The van der Waals surface area contributed by atoms with E-state index in [9.17, 15) is 0 Å². The Kier molecular flexibility index (Phi) is 3.84. The van der Waals surface area contributed by atoms with Crippen molar-refractivity contribution >= 4 is 33.0 Å². The molecule has 0 aliphatic heterocycles. The summed E-state index contributed by atoms with van der Waals surface area (Å²) in [5.41, 5.74) is 2.03. The molecule has 0 amide bonds. The first-order valence-corrected chi connectivity index (χ1v) is 7.82. The number of para-hydroxylation sites is 2. The van der Waals surface area contributed by atoms with Gasteiger partial charge in [0.1, 0.15) is 0 Å². The van der Waals surface area contributed by atoms with Gasteiger partial charge in [-0.25, -0.2) is 4.68 Å². The van der Waals surface area contributed by atoms with E-state index < -0.39 is 0 Å². The number of thiophene rings is 1. The zero-order chi connectivity index (χ0) is 13.9. The van der Waals surface area contributed by atoms with E-state index in [0.29, 0.717) is 0 Å². The lowest BCUT2D eigenvalue weighted by molar-refractivity contribution is 0.799. The monoisotopic (exact) mass is 348 g/mol. The topological polar surface area (TPSA) is 42.7 Å². The molecule has 4 nitrogen and oxygen atoms in total. The molecule has 2 aromatic heterocycles. The average Bonchev–Trinajstić information content (AvgIpc) is 3.10. The fourth-order valence-corrected chi connectivity index (χ4v) is 3.42. The average molecular weight is 349 g/mol. The standard InChI is InChI=1S/C14H13BrN4S/c1-10(13-6-7-14(15)20-13)17-11-4-2-3-5-12(11)19-9-8-16-18-19/h2-10,17H,1H3. The van der Waals surface area contributed by atoms with Crippen molar-refractivity contribution in [1.82, 2.24) is 15.0 Å². The SMILES string of the molecule is CC(Nc1ccccc1-n1ccnn1)c1ccc(Br)s1. The van der Waals surface area contributed by atoms with Crippen LogP contribution >= 0.6 is 27.3 Å². The number of benzene rings is 1. The Morgan fingerprint density at radius 1 is 1.25 bits per heavy atom. The molecule has 3 aromatic rings. The highest BCUT2D eigenvalue weighted by Gasteiger charge is 2.11. The normalized spacial score (nSPS) is 12.3. The Labute approximate surface area is 129 Å². The van der Waals surface area contributed by atoms with E-state index in [1.54, 1.807) is 22.2 Å². The maximum atomic E-state index is 4.05. The highest BCUT2D eigenvalue weighted by atomic mass is 79.9.